The van der Waals surface area contributed by atoms with Crippen LogP contribution < -0.4 is 5.32 Å². The minimum absolute atomic E-state index is 0.267. The van der Waals surface area contributed by atoms with Crippen molar-refractivity contribution >= 4 is 5.69 Å². The predicted molar refractivity (Wildman–Crippen MR) is 62.7 cm³/mol. The van der Waals surface area contributed by atoms with E-state index in [4.69, 9.17) is 0 Å². The standard InChI is InChI=1S/C12H16N2O2/c1-9-2-3-12(14(15)16)11(8-9)10-4-6-13-7-5-10/h2-3,8,10,13H,4-7H2,1H3. The molecule has 1 saturated heterocycles. The van der Waals surface area contributed by atoms with Gasteiger partial charge in [-0.1, -0.05) is 11.6 Å². The molecule has 0 spiro atoms. The zero-order valence-electron chi connectivity index (χ0n) is 9.40. The van der Waals surface area contributed by atoms with Crippen LogP contribution in [0.3, 0.4) is 0 Å². The van der Waals surface area contributed by atoms with Gasteiger partial charge in [0.1, 0.15) is 0 Å². The fourth-order valence-corrected chi connectivity index (χ4v) is 2.30. The maximum absolute atomic E-state index is 11.0. The highest BCUT2D eigenvalue weighted by Crippen LogP contribution is 2.32. The Balaban J connectivity index is 2.36. The summed E-state index contributed by atoms with van der Waals surface area (Å²) in [6, 6.07) is 5.41. The summed E-state index contributed by atoms with van der Waals surface area (Å²) in [5, 5.41) is 14.2. The van der Waals surface area contributed by atoms with Crippen LogP contribution in [0, 0.1) is 17.0 Å². The van der Waals surface area contributed by atoms with E-state index in [9.17, 15) is 10.1 Å². The minimum Gasteiger partial charge on any atom is -0.317 e. The lowest BCUT2D eigenvalue weighted by Crippen LogP contribution is -2.27. The second kappa shape index (κ2) is 4.61. The van der Waals surface area contributed by atoms with E-state index < -0.39 is 0 Å². The Bertz CT molecular complexity index is 398. The maximum Gasteiger partial charge on any atom is 0.272 e. The van der Waals surface area contributed by atoms with Crippen LogP contribution in [0.25, 0.3) is 0 Å². The van der Waals surface area contributed by atoms with Crippen molar-refractivity contribution in [3.05, 3.63) is 39.4 Å². The van der Waals surface area contributed by atoms with Gasteiger partial charge >= 0.3 is 0 Å². The first-order chi connectivity index (χ1) is 7.68. The smallest absolute Gasteiger partial charge is 0.272 e. The Morgan fingerprint density at radius 1 is 1.38 bits per heavy atom. The molecule has 1 aliphatic rings. The zero-order valence-corrected chi connectivity index (χ0v) is 9.40. The van der Waals surface area contributed by atoms with Gasteiger partial charge in [-0.15, -0.1) is 0 Å². The number of nitrogens with zero attached hydrogens (tertiary/aromatic N) is 1. The first-order valence-electron chi connectivity index (χ1n) is 5.64. The molecule has 1 aromatic rings. The molecule has 4 nitrogen and oxygen atoms in total. The highest BCUT2D eigenvalue weighted by Gasteiger charge is 2.23. The summed E-state index contributed by atoms with van der Waals surface area (Å²) in [5.74, 6) is 0.335. The Morgan fingerprint density at radius 2 is 2.06 bits per heavy atom. The van der Waals surface area contributed by atoms with Gasteiger partial charge < -0.3 is 5.32 Å². The largest absolute Gasteiger partial charge is 0.317 e. The molecular formula is C12H16N2O2. The quantitative estimate of drug-likeness (QED) is 0.615. The number of hydrogen-bond acceptors (Lipinski definition) is 3. The molecular weight excluding hydrogens is 204 g/mol. The normalized spacial score (nSPS) is 17.3. The van der Waals surface area contributed by atoms with Crippen molar-refractivity contribution in [3.63, 3.8) is 0 Å². The first kappa shape index (κ1) is 11.1. The summed E-state index contributed by atoms with van der Waals surface area (Å²) in [6.07, 6.45) is 1.98. The monoisotopic (exact) mass is 220 g/mol. The maximum atomic E-state index is 11.0. The molecule has 1 heterocycles. The van der Waals surface area contributed by atoms with E-state index in [1.54, 1.807) is 6.07 Å². The molecule has 86 valence electrons. The summed E-state index contributed by atoms with van der Waals surface area (Å²) in [7, 11) is 0. The summed E-state index contributed by atoms with van der Waals surface area (Å²) >= 11 is 0. The molecule has 0 aliphatic carbocycles. The Morgan fingerprint density at radius 3 is 2.69 bits per heavy atom. The summed E-state index contributed by atoms with van der Waals surface area (Å²) < 4.78 is 0. The molecule has 16 heavy (non-hydrogen) atoms. The van der Waals surface area contributed by atoms with E-state index in [-0.39, 0.29) is 10.6 Å². The molecule has 2 rings (SSSR count). The number of nitro groups is 1. The van der Waals surface area contributed by atoms with E-state index in [1.807, 2.05) is 19.1 Å². The Kier molecular flexibility index (Phi) is 3.19. The summed E-state index contributed by atoms with van der Waals surface area (Å²) in [4.78, 5) is 10.7. The van der Waals surface area contributed by atoms with E-state index in [0.29, 0.717) is 5.92 Å². The van der Waals surface area contributed by atoms with Gasteiger partial charge in [-0.3, -0.25) is 10.1 Å². The lowest BCUT2D eigenvalue weighted by atomic mass is 9.88. The van der Waals surface area contributed by atoms with Gasteiger partial charge in [-0.05, 0) is 44.8 Å². The molecule has 1 aromatic carbocycles. The van der Waals surface area contributed by atoms with Gasteiger partial charge in [0.25, 0.3) is 5.69 Å². The third-order valence-corrected chi connectivity index (χ3v) is 3.16. The van der Waals surface area contributed by atoms with E-state index >= 15 is 0 Å². The van der Waals surface area contributed by atoms with E-state index in [0.717, 1.165) is 37.1 Å². The molecule has 0 bridgehead atoms. The molecule has 0 radical (unpaired) electrons. The number of piperidine rings is 1. The first-order valence-corrected chi connectivity index (χ1v) is 5.64. The second-order valence-electron chi connectivity index (χ2n) is 4.34. The van der Waals surface area contributed by atoms with Gasteiger partial charge in [-0.25, -0.2) is 0 Å². The molecule has 0 saturated carbocycles. The zero-order chi connectivity index (χ0) is 11.5. The number of rotatable bonds is 2. The highest BCUT2D eigenvalue weighted by molar-refractivity contribution is 5.45. The van der Waals surface area contributed by atoms with Gasteiger partial charge in [0.05, 0.1) is 4.92 Å². The molecule has 1 N–H and O–H groups in total. The van der Waals surface area contributed by atoms with Gasteiger partial charge in [0.2, 0.25) is 0 Å². The average Bonchev–Trinajstić information content (AvgIpc) is 2.29. The highest BCUT2D eigenvalue weighted by atomic mass is 16.6. The molecule has 4 heteroatoms. The van der Waals surface area contributed by atoms with Crippen molar-refractivity contribution < 1.29 is 4.92 Å². The van der Waals surface area contributed by atoms with E-state index in [2.05, 4.69) is 5.32 Å². The van der Waals surface area contributed by atoms with Crippen LogP contribution >= 0.6 is 0 Å². The topological polar surface area (TPSA) is 55.2 Å². The molecule has 0 aromatic heterocycles. The number of hydrogen-bond donors (Lipinski definition) is 1. The molecule has 0 amide bonds. The number of nitro benzene ring substituents is 1. The predicted octanol–water partition coefficient (Wildman–Crippen LogP) is 2.37. The van der Waals surface area contributed by atoms with E-state index in [1.165, 1.54) is 0 Å². The van der Waals surface area contributed by atoms with Crippen LogP contribution in [0.1, 0.15) is 29.9 Å². The van der Waals surface area contributed by atoms with Gasteiger partial charge in [0, 0.05) is 11.6 Å². The fraction of sp³-hybridized carbons (Fsp3) is 0.500. The third-order valence-electron chi connectivity index (χ3n) is 3.16. The molecule has 0 unspecified atom stereocenters. The van der Waals surface area contributed by atoms with Crippen molar-refractivity contribution in [1.82, 2.24) is 5.32 Å². The van der Waals surface area contributed by atoms with Crippen molar-refractivity contribution in [2.24, 2.45) is 0 Å². The van der Waals surface area contributed by atoms with Gasteiger partial charge in [-0.2, -0.15) is 0 Å². The lowest BCUT2D eigenvalue weighted by molar-refractivity contribution is -0.385. The summed E-state index contributed by atoms with van der Waals surface area (Å²) in [6.45, 7) is 3.89. The van der Waals surface area contributed by atoms with Crippen molar-refractivity contribution in [2.45, 2.75) is 25.7 Å². The van der Waals surface area contributed by atoms with Crippen LogP contribution in [0.5, 0.6) is 0 Å². The van der Waals surface area contributed by atoms with Crippen molar-refractivity contribution in [1.29, 1.82) is 0 Å². The van der Waals surface area contributed by atoms with Crippen LogP contribution in [-0.4, -0.2) is 18.0 Å². The Hall–Kier alpha value is -1.42. The van der Waals surface area contributed by atoms with Crippen LogP contribution in [0.2, 0.25) is 0 Å². The van der Waals surface area contributed by atoms with Crippen LogP contribution in [0.4, 0.5) is 5.69 Å². The molecule has 0 atom stereocenters. The van der Waals surface area contributed by atoms with Crippen LogP contribution in [0.15, 0.2) is 18.2 Å². The van der Waals surface area contributed by atoms with Gasteiger partial charge in [0.15, 0.2) is 0 Å². The SMILES string of the molecule is Cc1ccc([N+](=O)[O-])c(C2CCNCC2)c1. The number of benzene rings is 1. The fourth-order valence-electron chi connectivity index (χ4n) is 2.30. The lowest BCUT2D eigenvalue weighted by Gasteiger charge is -2.22. The van der Waals surface area contributed by atoms with Crippen molar-refractivity contribution in [3.8, 4) is 0 Å². The number of aryl methyl sites for hydroxylation is 1. The number of nitrogens with one attached hydrogen (secondary N) is 1. The molecule has 1 aliphatic heterocycles. The minimum atomic E-state index is -0.267. The average molecular weight is 220 g/mol. The second-order valence-corrected chi connectivity index (χ2v) is 4.34. The summed E-state index contributed by atoms with van der Waals surface area (Å²) in [5.41, 5.74) is 2.28. The third kappa shape index (κ3) is 2.22. The molecule has 1 fully saturated rings. The van der Waals surface area contributed by atoms with Crippen molar-refractivity contribution in [2.75, 3.05) is 13.1 Å². The Labute approximate surface area is 94.8 Å². The van der Waals surface area contributed by atoms with Crippen LogP contribution in [-0.2, 0) is 0 Å².